The number of halogens is 2. The van der Waals surface area contributed by atoms with Crippen molar-refractivity contribution in [3.8, 4) is 0 Å². The van der Waals surface area contributed by atoms with E-state index < -0.39 is 23.5 Å². The highest BCUT2D eigenvalue weighted by molar-refractivity contribution is 9.10. The first-order valence-electron chi connectivity index (χ1n) is 8.85. The first-order chi connectivity index (χ1) is 14.0. The lowest BCUT2D eigenvalue weighted by atomic mass is 9.95. The molecule has 0 radical (unpaired) electrons. The van der Waals surface area contributed by atoms with E-state index in [-0.39, 0.29) is 16.9 Å². The Morgan fingerprint density at radius 3 is 2.31 bits per heavy atom. The molecule has 1 heterocycles. The van der Waals surface area contributed by atoms with Crippen molar-refractivity contribution < 1.29 is 19.1 Å². The summed E-state index contributed by atoms with van der Waals surface area (Å²) in [7, 11) is 0. The van der Waals surface area contributed by atoms with Gasteiger partial charge in [-0.15, -0.1) is 0 Å². The number of nitrogens with zero attached hydrogens (tertiary/aromatic N) is 1. The van der Waals surface area contributed by atoms with Gasteiger partial charge in [0.1, 0.15) is 11.6 Å². The molecule has 1 aliphatic rings. The van der Waals surface area contributed by atoms with Crippen LogP contribution in [0.5, 0.6) is 0 Å². The Kier molecular flexibility index (Phi) is 5.03. The maximum absolute atomic E-state index is 14.7. The molecule has 29 heavy (non-hydrogen) atoms. The van der Waals surface area contributed by atoms with E-state index in [9.17, 15) is 19.1 Å². The molecule has 144 valence electrons. The van der Waals surface area contributed by atoms with Gasteiger partial charge in [-0.05, 0) is 24.3 Å². The number of Topliss-reactive ketones (excluding diaryl/α,β-unsaturated/α-hetero) is 1. The summed E-state index contributed by atoms with van der Waals surface area (Å²) in [6, 6.07) is 20.1. The fraction of sp³-hybridized carbons (Fsp3) is 0.0435. The maximum atomic E-state index is 14.7. The van der Waals surface area contributed by atoms with Gasteiger partial charge in [0.05, 0.1) is 11.6 Å². The summed E-state index contributed by atoms with van der Waals surface area (Å²) in [6.45, 7) is 0. The van der Waals surface area contributed by atoms with Crippen LogP contribution in [0.2, 0.25) is 0 Å². The second kappa shape index (κ2) is 7.64. The zero-order valence-corrected chi connectivity index (χ0v) is 16.6. The summed E-state index contributed by atoms with van der Waals surface area (Å²) >= 11 is 3.36. The van der Waals surface area contributed by atoms with Crippen LogP contribution >= 0.6 is 15.9 Å². The van der Waals surface area contributed by atoms with E-state index in [2.05, 4.69) is 15.9 Å². The standard InChI is InChI=1S/C23H15BrFNO3/c24-15-9-6-10-16(13-15)26-20(17-11-4-5-12-18(17)25)19(22(28)23(26)29)21(27)14-7-2-1-3-8-14/h1-13,20,27H. The van der Waals surface area contributed by atoms with Crippen molar-refractivity contribution in [3.05, 3.63) is 106 Å². The molecule has 0 bridgehead atoms. The summed E-state index contributed by atoms with van der Waals surface area (Å²) in [4.78, 5) is 27.1. The number of anilines is 1. The van der Waals surface area contributed by atoms with Crippen LogP contribution in [0, 0.1) is 5.82 Å². The number of amides is 1. The number of hydrogen-bond donors (Lipinski definition) is 1. The van der Waals surface area contributed by atoms with Crippen LogP contribution in [-0.2, 0) is 9.59 Å². The van der Waals surface area contributed by atoms with Crippen LogP contribution in [0.3, 0.4) is 0 Å². The Morgan fingerprint density at radius 1 is 0.931 bits per heavy atom. The Balaban J connectivity index is 1.99. The van der Waals surface area contributed by atoms with Crippen LogP contribution < -0.4 is 4.90 Å². The zero-order valence-electron chi connectivity index (χ0n) is 15.0. The van der Waals surface area contributed by atoms with E-state index in [1.807, 2.05) is 0 Å². The molecule has 1 unspecified atom stereocenters. The third kappa shape index (κ3) is 3.36. The predicted octanol–water partition coefficient (Wildman–Crippen LogP) is 5.21. The summed E-state index contributed by atoms with van der Waals surface area (Å²) in [6.07, 6.45) is 0. The highest BCUT2D eigenvalue weighted by Crippen LogP contribution is 2.43. The largest absolute Gasteiger partial charge is 0.507 e. The Labute approximate surface area is 175 Å². The fourth-order valence-electron chi connectivity index (χ4n) is 3.47. The minimum atomic E-state index is -1.09. The van der Waals surface area contributed by atoms with Gasteiger partial charge in [-0.3, -0.25) is 14.5 Å². The second-order valence-electron chi connectivity index (χ2n) is 6.54. The lowest BCUT2D eigenvalue weighted by molar-refractivity contribution is -0.132. The molecule has 1 atom stereocenters. The molecular formula is C23H15BrFNO3. The number of ketones is 1. The molecule has 1 N–H and O–H groups in total. The molecule has 1 amide bonds. The molecule has 3 aromatic carbocycles. The van der Waals surface area contributed by atoms with Gasteiger partial charge in [0.25, 0.3) is 11.7 Å². The fourth-order valence-corrected chi connectivity index (χ4v) is 3.85. The predicted molar refractivity (Wildman–Crippen MR) is 112 cm³/mol. The molecule has 4 rings (SSSR count). The number of rotatable bonds is 3. The Morgan fingerprint density at radius 2 is 1.62 bits per heavy atom. The van der Waals surface area contributed by atoms with Crippen LogP contribution in [-0.4, -0.2) is 16.8 Å². The Bertz CT molecular complexity index is 1140. The number of carbonyl (C=O) groups excluding carboxylic acids is 2. The van der Waals surface area contributed by atoms with E-state index in [0.717, 1.165) is 0 Å². The van der Waals surface area contributed by atoms with Crippen molar-refractivity contribution in [1.29, 1.82) is 0 Å². The number of carbonyl (C=O) groups is 2. The molecule has 0 aliphatic carbocycles. The molecule has 6 heteroatoms. The topological polar surface area (TPSA) is 57.6 Å². The molecule has 4 nitrogen and oxygen atoms in total. The minimum Gasteiger partial charge on any atom is -0.507 e. The third-order valence-electron chi connectivity index (χ3n) is 4.78. The summed E-state index contributed by atoms with van der Waals surface area (Å²) in [5, 5.41) is 10.9. The smallest absolute Gasteiger partial charge is 0.300 e. The number of hydrogen-bond acceptors (Lipinski definition) is 3. The molecule has 1 saturated heterocycles. The quantitative estimate of drug-likeness (QED) is 0.337. The summed E-state index contributed by atoms with van der Waals surface area (Å²) in [5.74, 6) is -2.60. The van der Waals surface area contributed by atoms with Crippen LogP contribution in [0.25, 0.3) is 5.76 Å². The van der Waals surface area contributed by atoms with Crippen LogP contribution in [0.15, 0.2) is 88.9 Å². The Hall–Kier alpha value is -3.25. The van der Waals surface area contributed by atoms with E-state index in [0.29, 0.717) is 15.7 Å². The minimum absolute atomic E-state index is 0.129. The van der Waals surface area contributed by atoms with E-state index in [1.165, 1.54) is 23.1 Å². The summed E-state index contributed by atoms with van der Waals surface area (Å²) < 4.78 is 15.4. The van der Waals surface area contributed by atoms with Crippen molar-refractivity contribution >= 4 is 39.1 Å². The molecule has 3 aromatic rings. The number of aliphatic hydroxyl groups excluding tert-OH is 1. The average Bonchev–Trinajstić information content (AvgIpc) is 2.99. The van der Waals surface area contributed by atoms with Gasteiger partial charge >= 0.3 is 0 Å². The van der Waals surface area contributed by atoms with Crippen molar-refractivity contribution in [2.24, 2.45) is 0 Å². The molecular weight excluding hydrogens is 437 g/mol. The van der Waals surface area contributed by atoms with Gasteiger partial charge in [-0.1, -0.05) is 70.5 Å². The number of aliphatic hydroxyl groups is 1. The monoisotopic (exact) mass is 451 g/mol. The molecule has 1 aliphatic heterocycles. The van der Waals surface area contributed by atoms with Gasteiger partial charge in [-0.2, -0.15) is 0 Å². The number of benzene rings is 3. The van der Waals surface area contributed by atoms with Crippen molar-refractivity contribution in [3.63, 3.8) is 0 Å². The van der Waals surface area contributed by atoms with Crippen molar-refractivity contribution in [2.75, 3.05) is 4.90 Å². The summed E-state index contributed by atoms with van der Waals surface area (Å²) in [5.41, 5.74) is 0.776. The second-order valence-corrected chi connectivity index (χ2v) is 7.45. The highest BCUT2D eigenvalue weighted by Gasteiger charge is 2.47. The third-order valence-corrected chi connectivity index (χ3v) is 5.27. The van der Waals surface area contributed by atoms with Crippen molar-refractivity contribution in [1.82, 2.24) is 0 Å². The molecule has 0 aromatic heterocycles. The highest BCUT2D eigenvalue weighted by atomic mass is 79.9. The van der Waals surface area contributed by atoms with Crippen LogP contribution in [0.4, 0.5) is 10.1 Å². The lowest BCUT2D eigenvalue weighted by Gasteiger charge is -2.25. The van der Waals surface area contributed by atoms with E-state index >= 15 is 0 Å². The first kappa shape index (κ1) is 19.1. The van der Waals surface area contributed by atoms with E-state index in [1.54, 1.807) is 60.7 Å². The SMILES string of the molecule is O=C1C(=O)N(c2cccc(Br)c2)C(c2ccccc2F)C1=C(O)c1ccccc1. The van der Waals surface area contributed by atoms with Crippen LogP contribution in [0.1, 0.15) is 17.2 Å². The maximum Gasteiger partial charge on any atom is 0.300 e. The van der Waals surface area contributed by atoms with Crippen molar-refractivity contribution in [2.45, 2.75) is 6.04 Å². The van der Waals surface area contributed by atoms with E-state index in [4.69, 9.17) is 0 Å². The normalized spacial score (nSPS) is 18.3. The van der Waals surface area contributed by atoms with Gasteiger partial charge in [0.2, 0.25) is 0 Å². The zero-order chi connectivity index (χ0) is 20.5. The molecule has 1 fully saturated rings. The van der Waals surface area contributed by atoms with Gasteiger partial charge in [-0.25, -0.2) is 4.39 Å². The van der Waals surface area contributed by atoms with Gasteiger partial charge in [0, 0.05) is 21.3 Å². The van der Waals surface area contributed by atoms with Gasteiger partial charge in [0.15, 0.2) is 0 Å². The molecule has 0 saturated carbocycles. The van der Waals surface area contributed by atoms with Gasteiger partial charge < -0.3 is 5.11 Å². The molecule has 0 spiro atoms. The lowest BCUT2D eigenvalue weighted by Crippen LogP contribution is -2.29. The first-order valence-corrected chi connectivity index (χ1v) is 9.64. The average molecular weight is 452 g/mol.